The third-order valence-electron chi connectivity index (χ3n) is 3.39. The van der Waals surface area contributed by atoms with E-state index in [0.29, 0.717) is 11.1 Å². The molecule has 1 atom stereocenters. The van der Waals surface area contributed by atoms with Crippen LogP contribution in [-0.2, 0) is 10.4 Å². The molecule has 19 heavy (non-hydrogen) atoms. The van der Waals surface area contributed by atoms with Gasteiger partial charge in [-0.05, 0) is 30.5 Å². The molecule has 1 unspecified atom stereocenters. The van der Waals surface area contributed by atoms with Crippen molar-refractivity contribution in [3.63, 3.8) is 0 Å². The molecule has 0 heterocycles. The Labute approximate surface area is 112 Å². The van der Waals surface area contributed by atoms with Crippen LogP contribution in [-0.4, -0.2) is 11.0 Å². The lowest BCUT2D eigenvalue weighted by molar-refractivity contribution is -0.133. The van der Waals surface area contributed by atoms with Gasteiger partial charge in [0.05, 0.1) is 0 Å². The third-order valence-corrected chi connectivity index (χ3v) is 3.39. The van der Waals surface area contributed by atoms with Crippen LogP contribution in [0.5, 0.6) is 0 Å². The predicted molar refractivity (Wildman–Crippen MR) is 74.6 cm³/mol. The highest BCUT2D eigenvalue weighted by Gasteiger charge is 2.40. The smallest absolute Gasteiger partial charge is 0.258 e. The number of hydrogen-bond donors (Lipinski definition) is 2. The first kappa shape index (κ1) is 13.3. The Morgan fingerprint density at radius 1 is 1.00 bits per heavy atom. The summed E-state index contributed by atoms with van der Waals surface area (Å²) >= 11 is 0. The van der Waals surface area contributed by atoms with Crippen LogP contribution in [0.25, 0.3) is 0 Å². The largest absolute Gasteiger partial charge is 0.372 e. The lowest BCUT2D eigenvalue weighted by atomic mass is 9.81. The average Bonchev–Trinajstić information content (AvgIpc) is 2.39. The first-order valence-electron chi connectivity index (χ1n) is 6.12. The van der Waals surface area contributed by atoms with Crippen molar-refractivity contribution in [3.8, 4) is 0 Å². The summed E-state index contributed by atoms with van der Waals surface area (Å²) in [7, 11) is 0. The molecule has 0 saturated heterocycles. The molecule has 3 heteroatoms. The van der Waals surface area contributed by atoms with E-state index in [2.05, 4.69) is 0 Å². The molecule has 2 rings (SSSR count). The Hall–Kier alpha value is -2.13. The standard InChI is InChI=1S/C16H17NO2/c1-11-7-6-8-12(2)14(11)16(19,15(17)18)13-9-4-3-5-10-13/h3-10,19H,1-2H3,(H2,17,18). The molecule has 3 nitrogen and oxygen atoms in total. The van der Waals surface area contributed by atoms with E-state index in [1.807, 2.05) is 38.1 Å². The summed E-state index contributed by atoms with van der Waals surface area (Å²) in [6, 6.07) is 14.4. The molecule has 0 fully saturated rings. The molecule has 0 aliphatic heterocycles. The molecular weight excluding hydrogens is 238 g/mol. The third kappa shape index (κ3) is 2.13. The van der Waals surface area contributed by atoms with Crippen molar-refractivity contribution in [1.29, 1.82) is 0 Å². The van der Waals surface area contributed by atoms with Crippen LogP contribution < -0.4 is 5.73 Å². The highest BCUT2D eigenvalue weighted by molar-refractivity contribution is 5.89. The van der Waals surface area contributed by atoms with Crippen molar-refractivity contribution in [2.75, 3.05) is 0 Å². The van der Waals surface area contributed by atoms with E-state index in [0.717, 1.165) is 11.1 Å². The van der Waals surface area contributed by atoms with Gasteiger partial charge in [0.15, 0.2) is 5.60 Å². The summed E-state index contributed by atoms with van der Waals surface area (Å²) in [5, 5.41) is 10.9. The maximum Gasteiger partial charge on any atom is 0.258 e. The zero-order valence-electron chi connectivity index (χ0n) is 11.1. The number of hydrogen-bond acceptors (Lipinski definition) is 2. The minimum Gasteiger partial charge on any atom is -0.372 e. The van der Waals surface area contributed by atoms with Crippen LogP contribution in [0, 0.1) is 13.8 Å². The Kier molecular flexibility index (Phi) is 3.40. The van der Waals surface area contributed by atoms with Crippen molar-refractivity contribution in [3.05, 3.63) is 70.8 Å². The van der Waals surface area contributed by atoms with E-state index in [1.54, 1.807) is 24.3 Å². The summed E-state index contributed by atoms with van der Waals surface area (Å²) in [6.07, 6.45) is 0. The van der Waals surface area contributed by atoms with Gasteiger partial charge in [-0.1, -0.05) is 48.5 Å². The van der Waals surface area contributed by atoms with Gasteiger partial charge in [-0.2, -0.15) is 0 Å². The second-order valence-corrected chi connectivity index (χ2v) is 4.71. The molecule has 0 saturated carbocycles. The molecule has 0 spiro atoms. The van der Waals surface area contributed by atoms with Crippen molar-refractivity contribution in [2.45, 2.75) is 19.4 Å². The molecular formula is C16H17NO2. The van der Waals surface area contributed by atoms with E-state index >= 15 is 0 Å². The maximum absolute atomic E-state index is 11.9. The van der Waals surface area contributed by atoms with Crippen LogP contribution in [0.2, 0.25) is 0 Å². The van der Waals surface area contributed by atoms with Gasteiger partial charge in [0.25, 0.3) is 5.91 Å². The van der Waals surface area contributed by atoms with Gasteiger partial charge < -0.3 is 10.8 Å². The summed E-state index contributed by atoms with van der Waals surface area (Å²) in [5.74, 6) is -0.767. The predicted octanol–water partition coefficient (Wildman–Crippen LogP) is 2.02. The van der Waals surface area contributed by atoms with Gasteiger partial charge in [-0.15, -0.1) is 0 Å². The molecule has 2 aromatic rings. The zero-order chi connectivity index (χ0) is 14.0. The van der Waals surface area contributed by atoms with E-state index < -0.39 is 11.5 Å². The number of amides is 1. The first-order chi connectivity index (χ1) is 8.98. The van der Waals surface area contributed by atoms with Gasteiger partial charge >= 0.3 is 0 Å². The maximum atomic E-state index is 11.9. The summed E-state index contributed by atoms with van der Waals surface area (Å²) in [5.41, 5.74) is 6.41. The molecule has 3 N–H and O–H groups in total. The molecule has 98 valence electrons. The second-order valence-electron chi connectivity index (χ2n) is 4.71. The minimum atomic E-state index is -1.79. The quantitative estimate of drug-likeness (QED) is 0.881. The normalized spacial score (nSPS) is 13.8. The SMILES string of the molecule is Cc1cccc(C)c1C(O)(C(N)=O)c1ccccc1. The van der Waals surface area contributed by atoms with E-state index in [9.17, 15) is 9.90 Å². The van der Waals surface area contributed by atoms with E-state index in [-0.39, 0.29) is 0 Å². The number of aryl methyl sites for hydroxylation is 2. The topological polar surface area (TPSA) is 63.3 Å². The summed E-state index contributed by atoms with van der Waals surface area (Å²) in [6.45, 7) is 3.72. The number of carbonyl (C=O) groups excluding carboxylic acids is 1. The Morgan fingerprint density at radius 3 is 2.00 bits per heavy atom. The molecule has 2 aromatic carbocycles. The van der Waals surface area contributed by atoms with Crippen molar-refractivity contribution in [1.82, 2.24) is 0 Å². The van der Waals surface area contributed by atoms with E-state index in [4.69, 9.17) is 5.73 Å². The number of aliphatic hydroxyl groups is 1. The van der Waals surface area contributed by atoms with Crippen LogP contribution in [0.3, 0.4) is 0 Å². The fraction of sp³-hybridized carbons (Fsp3) is 0.188. The van der Waals surface area contributed by atoms with Crippen LogP contribution in [0.1, 0.15) is 22.3 Å². The minimum absolute atomic E-state index is 0.486. The Balaban J connectivity index is 2.75. The van der Waals surface area contributed by atoms with Crippen LogP contribution in [0.15, 0.2) is 48.5 Å². The van der Waals surface area contributed by atoms with E-state index in [1.165, 1.54) is 0 Å². The van der Waals surface area contributed by atoms with Gasteiger partial charge in [-0.3, -0.25) is 4.79 Å². The van der Waals surface area contributed by atoms with Gasteiger partial charge in [0.1, 0.15) is 0 Å². The highest BCUT2D eigenvalue weighted by Crippen LogP contribution is 2.33. The number of carbonyl (C=O) groups is 1. The fourth-order valence-corrected chi connectivity index (χ4v) is 2.47. The van der Waals surface area contributed by atoms with Crippen LogP contribution >= 0.6 is 0 Å². The molecule has 0 radical (unpaired) electrons. The lowest BCUT2D eigenvalue weighted by Crippen LogP contribution is -2.43. The number of nitrogens with two attached hydrogens (primary N) is 1. The Morgan fingerprint density at radius 2 is 1.53 bits per heavy atom. The number of primary amides is 1. The van der Waals surface area contributed by atoms with Crippen molar-refractivity contribution < 1.29 is 9.90 Å². The second kappa shape index (κ2) is 4.86. The number of rotatable bonds is 3. The Bertz CT molecular complexity index is 587. The van der Waals surface area contributed by atoms with Gasteiger partial charge in [0.2, 0.25) is 0 Å². The first-order valence-corrected chi connectivity index (χ1v) is 6.12. The summed E-state index contributed by atoms with van der Waals surface area (Å²) in [4.78, 5) is 11.9. The molecule has 0 aliphatic carbocycles. The molecule has 0 bridgehead atoms. The summed E-state index contributed by atoms with van der Waals surface area (Å²) < 4.78 is 0. The highest BCUT2D eigenvalue weighted by atomic mass is 16.3. The molecule has 0 aliphatic rings. The van der Waals surface area contributed by atoms with Crippen molar-refractivity contribution >= 4 is 5.91 Å². The van der Waals surface area contributed by atoms with Gasteiger partial charge in [-0.25, -0.2) is 0 Å². The van der Waals surface area contributed by atoms with Crippen molar-refractivity contribution in [2.24, 2.45) is 5.73 Å². The van der Waals surface area contributed by atoms with Crippen LogP contribution in [0.4, 0.5) is 0 Å². The molecule has 0 aromatic heterocycles. The zero-order valence-corrected chi connectivity index (χ0v) is 11.1. The lowest BCUT2D eigenvalue weighted by Gasteiger charge is -2.29. The number of benzene rings is 2. The molecule has 1 amide bonds. The average molecular weight is 255 g/mol. The monoisotopic (exact) mass is 255 g/mol. The van der Waals surface area contributed by atoms with Gasteiger partial charge in [0, 0.05) is 5.56 Å². The fourth-order valence-electron chi connectivity index (χ4n) is 2.47.